The second kappa shape index (κ2) is 6.34. The normalized spacial score (nSPS) is 12.3. The number of aromatic nitrogens is 1. The Kier molecular flexibility index (Phi) is 4.53. The molecule has 0 bridgehead atoms. The second-order valence-corrected chi connectivity index (χ2v) is 4.84. The molecule has 0 saturated heterocycles. The predicted octanol–water partition coefficient (Wildman–Crippen LogP) is 2.99. The van der Waals surface area contributed by atoms with Crippen molar-refractivity contribution in [2.75, 3.05) is 6.54 Å². The third kappa shape index (κ3) is 3.80. The van der Waals surface area contributed by atoms with Gasteiger partial charge < -0.3 is 10.4 Å². The van der Waals surface area contributed by atoms with Crippen molar-refractivity contribution in [2.45, 2.75) is 26.3 Å². The maximum atomic E-state index is 9.87. The Hall–Kier alpha value is -1.87. The quantitative estimate of drug-likeness (QED) is 0.864. The number of aryl methyl sites for hydroxylation is 1. The van der Waals surface area contributed by atoms with E-state index in [-0.39, 0.29) is 6.04 Å². The third-order valence-electron chi connectivity index (χ3n) is 3.26. The lowest BCUT2D eigenvalue weighted by atomic mass is 10.0. The van der Waals surface area contributed by atoms with E-state index in [0.717, 1.165) is 24.1 Å². The Morgan fingerprint density at radius 3 is 2.68 bits per heavy atom. The smallest absolute Gasteiger partial charge is 0.120 e. The molecule has 0 saturated carbocycles. The molecular weight excluding hydrogens is 236 g/mol. The van der Waals surface area contributed by atoms with Crippen LogP contribution < -0.4 is 5.32 Å². The van der Waals surface area contributed by atoms with Crippen LogP contribution >= 0.6 is 0 Å². The first-order chi connectivity index (χ1) is 9.16. The Balaban J connectivity index is 1.91. The molecule has 1 atom stereocenters. The van der Waals surface area contributed by atoms with E-state index in [1.165, 1.54) is 5.56 Å². The highest BCUT2D eigenvalue weighted by Gasteiger charge is 2.09. The zero-order chi connectivity index (χ0) is 13.7. The molecular formula is C16H20N2O. The molecule has 2 N–H and O–H groups in total. The molecule has 1 aromatic heterocycles. The number of nitrogens with zero attached hydrogens (tertiary/aromatic N) is 1. The number of nitrogens with one attached hydrogen (secondary N) is 1. The zero-order valence-electron chi connectivity index (χ0n) is 11.4. The number of aromatic hydroxyl groups is 1. The van der Waals surface area contributed by atoms with Crippen molar-refractivity contribution in [3.05, 3.63) is 59.4 Å². The summed E-state index contributed by atoms with van der Waals surface area (Å²) >= 11 is 0. The Morgan fingerprint density at radius 2 is 1.95 bits per heavy atom. The molecule has 100 valence electrons. The van der Waals surface area contributed by atoms with Crippen LogP contribution in [-0.4, -0.2) is 16.6 Å². The van der Waals surface area contributed by atoms with Crippen LogP contribution in [0.25, 0.3) is 0 Å². The van der Waals surface area contributed by atoms with Crippen molar-refractivity contribution in [1.82, 2.24) is 10.3 Å². The second-order valence-electron chi connectivity index (χ2n) is 4.84. The van der Waals surface area contributed by atoms with Crippen LogP contribution in [0.5, 0.6) is 5.75 Å². The van der Waals surface area contributed by atoms with Gasteiger partial charge in [-0.05, 0) is 50.6 Å². The van der Waals surface area contributed by atoms with Crippen molar-refractivity contribution < 1.29 is 5.11 Å². The van der Waals surface area contributed by atoms with Gasteiger partial charge in [-0.15, -0.1) is 0 Å². The molecule has 0 aliphatic heterocycles. The van der Waals surface area contributed by atoms with Crippen molar-refractivity contribution in [3.63, 3.8) is 0 Å². The minimum absolute atomic E-state index is 0.140. The molecule has 0 spiro atoms. The fourth-order valence-corrected chi connectivity index (χ4v) is 2.11. The molecule has 3 heteroatoms. The van der Waals surface area contributed by atoms with E-state index in [1.54, 1.807) is 6.07 Å². The van der Waals surface area contributed by atoms with Crippen molar-refractivity contribution in [1.29, 1.82) is 0 Å². The summed E-state index contributed by atoms with van der Waals surface area (Å²) in [4.78, 5) is 4.00. The van der Waals surface area contributed by atoms with E-state index >= 15 is 0 Å². The van der Waals surface area contributed by atoms with E-state index in [0.29, 0.717) is 5.75 Å². The third-order valence-corrected chi connectivity index (χ3v) is 3.26. The van der Waals surface area contributed by atoms with Gasteiger partial charge in [0.15, 0.2) is 0 Å². The first-order valence-electron chi connectivity index (χ1n) is 6.58. The van der Waals surface area contributed by atoms with Gasteiger partial charge in [0.05, 0.1) is 0 Å². The topological polar surface area (TPSA) is 45.1 Å². The van der Waals surface area contributed by atoms with E-state index in [4.69, 9.17) is 0 Å². The van der Waals surface area contributed by atoms with Crippen LogP contribution in [0.4, 0.5) is 0 Å². The van der Waals surface area contributed by atoms with Crippen LogP contribution in [-0.2, 0) is 6.42 Å². The van der Waals surface area contributed by atoms with Crippen molar-refractivity contribution in [2.24, 2.45) is 0 Å². The van der Waals surface area contributed by atoms with Crippen LogP contribution in [0.3, 0.4) is 0 Å². The van der Waals surface area contributed by atoms with Crippen LogP contribution in [0, 0.1) is 6.92 Å². The van der Waals surface area contributed by atoms with Gasteiger partial charge >= 0.3 is 0 Å². The maximum absolute atomic E-state index is 9.87. The summed E-state index contributed by atoms with van der Waals surface area (Å²) in [5.74, 6) is 0.356. The number of phenolic OH excluding ortho intramolecular Hbond substituents is 1. The summed E-state index contributed by atoms with van der Waals surface area (Å²) in [6, 6.07) is 9.89. The molecule has 0 amide bonds. The highest BCUT2D eigenvalue weighted by molar-refractivity contribution is 5.37. The molecule has 0 fully saturated rings. The zero-order valence-corrected chi connectivity index (χ0v) is 11.4. The lowest BCUT2D eigenvalue weighted by Crippen LogP contribution is -2.21. The van der Waals surface area contributed by atoms with Gasteiger partial charge in [0.2, 0.25) is 0 Å². The molecule has 1 heterocycles. The van der Waals surface area contributed by atoms with Gasteiger partial charge in [0, 0.05) is 24.0 Å². The van der Waals surface area contributed by atoms with Crippen LogP contribution in [0.2, 0.25) is 0 Å². The SMILES string of the molecule is Cc1ccc(O)c(C(C)NCCc2ccncc2)c1. The minimum Gasteiger partial charge on any atom is -0.508 e. The Morgan fingerprint density at radius 1 is 1.21 bits per heavy atom. The van der Waals surface area contributed by atoms with Gasteiger partial charge in [0.25, 0.3) is 0 Å². The summed E-state index contributed by atoms with van der Waals surface area (Å²) in [5, 5.41) is 13.3. The van der Waals surface area contributed by atoms with E-state index in [2.05, 4.69) is 17.2 Å². The Bertz CT molecular complexity index is 526. The van der Waals surface area contributed by atoms with Crippen molar-refractivity contribution >= 4 is 0 Å². The lowest BCUT2D eigenvalue weighted by molar-refractivity contribution is 0.453. The van der Waals surface area contributed by atoms with Gasteiger partial charge in [-0.1, -0.05) is 17.7 Å². The molecule has 0 radical (unpaired) electrons. The van der Waals surface area contributed by atoms with E-state index < -0.39 is 0 Å². The highest BCUT2D eigenvalue weighted by atomic mass is 16.3. The number of pyridine rings is 1. The molecule has 3 nitrogen and oxygen atoms in total. The number of hydrogen-bond donors (Lipinski definition) is 2. The van der Waals surface area contributed by atoms with Crippen LogP contribution in [0.15, 0.2) is 42.7 Å². The highest BCUT2D eigenvalue weighted by Crippen LogP contribution is 2.24. The molecule has 2 aromatic rings. The fraction of sp³-hybridized carbons (Fsp3) is 0.312. The Labute approximate surface area is 114 Å². The summed E-state index contributed by atoms with van der Waals surface area (Å²) in [7, 11) is 0. The maximum Gasteiger partial charge on any atom is 0.120 e. The van der Waals surface area contributed by atoms with Crippen LogP contribution in [0.1, 0.15) is 29.7 Å². The van der Waals surface area contributed by atoms with Crippen molar-refractivity contribution in [3.8, 4) is 5.75 Å². The lowest BCUT2D eigenvalue weighted by Gasteiger charge is -2.16. The van der Waals surface area contributed by atoms with Gasteiger partial charge in [0.1, 0.15) is 5.75 Å². The fourth-order valence-electron chi connectivity index (χ4n) is 2.11. The first kappa shape index (κ1) is 13.6. The largest absolute Gasteiger partial charge is 0.508 e. The van der Waals surface area contributed by atoms with E-state index in [1.807, 2.05) is 43.6 Å². The van der Waals surface area contributed by atoms with Gasteiger partial charge in [-0.3, -0.25) is 4.98 Å². The molecule has 0 aliphatic carbocycles. The standard InChI is InChI=1S/C16H20N2O/c1-12-3-4-16(19)15(11-12)13(2)18-10-7-14-5-8-17-9-6-14/h3-6,8-9,11,13,18-19H,7,10H2,1-2H3. The number of hydrogen-bond acceptors (Lipinski definition) is 3. The van der Waals surface area contributed by atoms with E-state index in [9.17, 15) is 5.11 Å². The molecule has 1 unspecified atom stereocenters. The monoisotopic (exact) mass is 256 g/mol. The average Bonchev–Trinajstić information content (AvgIpc) is 2.42. The summed E-state index contributed by atoms with van der Waals surface area (Å²) < 4.78 is 0. The molecule has 1 aromatic carbocycles. The number of phenols is 1. The molecule has 19 heavy (non-hydrogen) atoms. The van der Waals surface area contributed by atoms with Gasteiger partial charge in [-0.25, -0.2) is 0 Å². The number of rotatable bonds is 5. The first-order valence-corrected chi connectivity index (χ1v) is 6.58. The summed E-state index contributed by atoms with van der Waals surface area (Å²) in [5.41, 5.74) is 3.38. The molecule has 2 rings (SSSR count). The van der Waals surface area contributed by atoms with Gasteiger partial charge in [-0.2, -0.15) is 0 Å². The molecule has 0 aliphatic rings. The summed E-state index contributed by atoms with van der Waals surface area (Å²) in [6.07, 6.45) is 4.58. The minimum atomic E-state index is 0.140. The summed E-state index contributed by atoms with van der Waals surface area (Å²) in [6.45, 7) is 4.98. The predicted molar refractivity (Wildman–Crippen MR) is 77.2 cm³/mol. The number of benzene rings is 1. The average molecular weight is 256 g/mol.